The van der Waals surface area contributed by atoms with Gasteiger partial charge in [-0.15, -0.1) is 0 Å². The molecule has 2 amide bonds. The van der Waals surface area contributed by atoms with Gasteiger partial charge in [0.25, 0.3) is 5.91 Å². The summed E-state index contributed by atoms with van der Waals surface area (Å²) in [6.45, 7) is 1.24. The first-order chi connectivity index (χ1) is 9.18. The number of carbonyl (C=O) groups excluding carboxylic acids is 2. The number of halogens is 1. The van der Waals surface area contributed by atoms with E-state index in [0.717, 1.165) is 29.3 Å². The van der Waals surface area contributed by atoms with Crippen LogP contribution in [0.25, 0.3) is 0 Å². The van der Waals surface area contributed by atoms with E-state index in [1.807, 2.05) is 18.2 Å². The molecule has 0 aliphatic carbocycles. The predicted molar refractivity (Wildman–Crippen MR) is 74.7 cm³/mol. The maximum Gasteiger partial charge on any atom is 0.255 e. The van der Waals surface area contributed by atoms with Gasteiger partial charge < -0.3 is 10.2 Å². The quantitative estimate of drug-likeness (QED) is 0.860. The van der Waals surface area contributed by atoms with Gasteiger partial charge in [0, 0.05) is 23.1 Å². The van der Waals surface area contributed by atoms with Gasteiger partial charge in [-0.2, -0.15) is 0 Å². The molecule has 1 aromatic carbocycles. The maximum atomic E-state index is 12.4. The molecule has 0 aromatic heterocycles. The van der Waals surface area contributed by atoms with Gasteiger partial charge in [-0.05, 0) is 37.0 Å². The van der Waals surface area contributed by atoms with Crippen molar-refractivity contribution < 1.29 is 9.59 Å². The number of nitrogens with zero attached hydrogens (tertiary/aromatic N) is 1. The first-order valence-electron chi connectivity index (χ1n) is 6.54. The summed E-state index contributed by atoms with van der Waals surface area (Å²) < 4.78 is 0.940. The summed E-state index contributed by atoms with van der Waals surface area (Å²) in [6, 6.07) is 5.30. The molecule has 0 radical (unpaired) electrons. The molecule has 2 heterocycles. The Morgan fingerprint density at radius 3 is 2.89 bits per heavy atom. The molecular formula is C14H15BrN2O2. The molecule has 2 aliphatic rings. The van der Waals surface area contributed by atoms with Gasteiger partial charge in [0.05, 0.1) is 0 Å². The number of benzene rings is 1. The summed E-state index contributed by atoms with van der Waals surface area (Å²) >= 11 is 3.48. The fraction of sp³-hybridized carbons (Fsp3) is 0.429. The molecule has 1 atom stereocenters. The topological polar surface area (TPSA) is 49.4 Å². The highest BCUT2D eigenvalue weighted by atomic mass is 79.9. The average Bonchev–Trinajstić information content (AvgIpc) is 2.59. The highest BCUT2D eigenvalue weighted by Gasteiger charge is 2.37. The number of rotatable bonds is 1. The minimum atomic E-state index is -0.325. The van der Waals surface area contributed by atoms with Crippen molar-refractivity contribution in [1.82, 2.24) is 10.2 Å². The molecule has 1 aromatic rings. The lowest BCUT2D eigenvalue weighted by atomic mass is 10.1. The lowest BCUT2D eigenvalue weighted by molar-refractivity contribution is -0.125. The third-order valence-corrected chi connectivity index (χ3v) is 4.56. The SMILES string of the molecule is O=C1NCCCCC1N1Cc2c(Br)cccc2C1=O. The fourth-order valence-electron chi connectivity index (χ4n) is 2.79. The molecule has 100 valence electrons. The van der Waals surface area contributed by atoms with Gasteiger partial charge in [0.1, 0.15) is 6.04 Å². The molecule has 1 fully saturated rings. The lowest BCUT2D eigenvalue weighted by Gasteiger charge is -2.25. The molecule has 4 nitrogen and oxygen atoms in total. The normalized spacial score (nSPS) is 23.0. The Hall–Kier alpha value is -1.36. The molecule has 1 N–H and O–H groups in total. The van der Waals surface area contributed by atoms with Crippen molar-refractivity contribution >= 4 is 27.7 Å². The summed E-state index contributed by atoms with van der Waals surface area (Å²) in [7, 11) is 0. The molecule has 1 saturated heterocycles. The second-order valence-electron chi connectivity index (χ2n) is 5.00. The van der Waals surface area contributed by atoms with Crippen LogP contribution in [0.5, 0.6) is 0 Å². The molecule has 0 spiro atoms. The summed E-state index contributed by atoms with van der Waals surface area (Å²) in [5, 5.41) is 2.89. The zero-order chi connectivity index (χ0) is 13.4. The van der Waals surface area contributed by atoms with E-state index < -0.39 is 0 Å². The van der Waals surface area contributed by atoms with Crippen LogP contribution in [0, 0.1) is 0 Å². The number of nitrogens with one attached hydrogen (secondary N) is 1. The molecule has 3 rings (SSSR count). The van der Waals surface area contributed by atoms with Crippen molar-refractivity contribution in [3.63, 3.8) is 0 Å². The van der Waals surface area contributed by atoms with E-state index in [9.17, 15) is 9.59 Å². The van der Waals surface area contributed by atoms with Crippen LogP contribution in [-0.4, -0.2) is 29.3 Å². The number of carbonyl (C=O) groups is 2. The lowest BCUT2D eigenvalue weighted by Crippen LogP contribution is -2.45. The smallest absolute Gasteiger partial charge is 0.255 e. The van der Waals surface area contributed by atoms with Crippen molar-refractivity contribution in [1.29, 1.82) is 0 Å². The largest absolute Gasteiger partial charge is 0.354 e. The van der Waals surface area contributed by atoms with Gasteiger partial charge >= 0.3 is 0 Å². The number of amides is 2. The van der Waals surface area contributed by atoms with Crippen molar-refractivity contribution in [2.24, 2.45) is 0 Å². The van der Waals surface area contributed by atoms with Gasteiger partial charge in [-0.1, -0.05) is 22.0 Å². The molecule has 1 unspecified atom stereocenters. The zero-order valence-electron chi connectivity index (χ0n) is 10.5. The third-order valence-electron chi connectivity index (χ3n) is 3.82. The van der Waals surface area contributed by atoms with Crippen LogP contribution in [-0.2, 0) is 11.3 Å². The van der Waals surface area contributed by atoms with Crippen LogP contribution in [0.4, 0.5) is 0 Å². The van der Waals surface area contributed by atoms with E-state index in [1.54, 1.807) is 4.90 Å². The van der Waals surface area contributed by atoms with E-state index in [-0.39, 0.29) is 17.9 Å². The van der Waals surface area contributed by atoms with E-state index in [4.69, 9.17) is 0 Å². The first kappa shape index (κ1) is 12.7. The van der Waals surface area contributed by atoms with Crippen LogP contribution in [0.2, 0.25) is 0 Å². The number of fused-ring (bicyclic) bond motifs is 1. The molecule has 0 bridgehead atoms. The fourth-order valence-corrected chi connectivity index (χ4v) is 3.28. The molecule has 0 saturated carbocycles. The zero-order valence-corrected chi connectivity index (χ0v) is 12.1. The predicted octanol–water partition coefficient (Wildman–Crippen LogP) is 2.07. The van der Waals surface area contributed by atoms with Crippen LogP contribution >= 0.6 is 15.9 Å². The highest BCUT2D eigenvalue weighted by Crippen LogP contribution is 2.31. The molecule has 5 heteroatoms. The Kier molecular flexibility index (Phi) is 3.31. The Morgan fingerprint density at radius 2 is 2.11 bits per heavy atom. The molecule has 2 aliphatic heterocycles. The van der Waals surface area contributed by atoms with Gasteiger partial charge in [0.2, 0.25) is 5.91 Å². The average molecular weight is 323 g/mol. The Balaban J connectivity index is 1.90. The van der Waals surface area contributed by atoms with Crippen molar-refractivity contribution in [2.75, 3.05) is 6.54 Å². The van der Waals surface area contributed by atoms with Crippen LogP contribution < -0.4 is 5.32 Å². The summed E-state index contributed by atoms with van der Waals surface area (Å²) in [4.78, 5) is 26.2. The molecule has 19 heavy (non-hydrogen) atoms. The van der Waals surface area contributed by atoms with Crippen LogP contribution in [0.3, 0.4) is 0 Å². The summed E-state index contributed by atoms with van der Waals surface area (Å²) in [5.74, 6) is -0.0480. The second-order valence-corrected chi connectivity index (χ2v) is 5.86. The van der Waals surface area contributed by atoms with Crippen molar-refractivity contribution in [3.05, 3.63) is 33.8 Å². The number of hydrogen-bond donors (Lipinski definition) is 1. The van der Waals surface area contributed by atoms with Gasteiger partial charge in [-0.3, -0.25) is 9.59 Å². The Labute approximate surface area is 120 Å². The minimum absolute atomic E-state index is 0.0187. The van der Waals surface area contributed by atoms with Crippen LogP contribution in [0.1, 0.15) is 35.2 Å². The second kappa shape index (κ2) is 4.96. The first-order valence-corrected chi connectivity index (χ1v) is 7.34. The van der Waals surface area contributed by atoms with Crippen molar-refractivity contribution in [2.45, 2.75) is 31.8 Å². The third kappa shape index (κ3) is 2.16. The standard InChI is InChI=1S/C14H15BrN2O2/c15-11-5-3-4-9-10(11)8-17(14(9)19)12-6-1-2-7-16-13(12)18/h3-5,12H,1-2,6-8H2,(H,16,18). The number of hydrogen-bond acceptors (Lipinski definition) is 2. The summed E-state index contributed by atoms with van der Waals surface area (Å²) in [5.41, 5.74) is 1.70. The van der Waals surface area contributed by atoms with E-state index in [1.165, 1.54) is 0 Å². The Bertz CT molecular complexity index is 544. The van der Waals surface area contributed by atoms with E-state index in [0.29, 0.717) is 18.7 Å². The molecular weight excluding hydrogens is 308 g/mol. The van der Waals surface area contributed by atoms with E-state index >= 15 is 0 Å². The Morgan fingerprint density at radius 1 is 1.26 bits per heavy atom. The van der Waals surface area contributed by atoms with Crippen molar-refractivity contribution in [3.8, 4) is 0 Å². The summed E-state index contributed by atoms with van der Waals surface area (Å²) in [6.07, 6.45) is 2.72. The highest BCUT2D eigenvalue weighted by molar-refractivity contribution is 9.10. The maximum absolute atomic E-state index is 12.4. The van der Waals surface area contributed by atoms with Gasteiger partial charge in [0.15, 0.2) is 0 Å². The minimum Gasteiger partial charge on any atom is -0.354 e. The van der Waals surface area contributed by atoms with Gasteiger partial charge in [-0.25, -0.2) is 0 Å². The monoisotopic (exact) mass is 322 g/mol. The van der Waals surface area contributed by atoms with E-state index in [2.05, 4.69) is 21.2 Å². The van der Waals surface area contributed by atoms with Crippen LogP contribution in [0.15, 0.2) is 22.7 Å².